The number of rotatable bonds is 2. The Morgan fingerprint density at radius 3 is 2.43 bits per heavy atom. The minimum absolute atomic E-state index is 0.253. The van der Waals surface area contributed by atoms with E-state index in [0.29, 0.717) is 19.7 Å². The lowest BCUT2D eigenvalue weighted by Crippen LogP contribution is -2.39. The predicted molar refractivity (Wildman–Crippen MR) is 122 cm³/mol. The van der Waals surface area contributed by atoms with E-state index >= 15 is 0 Å². The fourth-order valence-electron chi connectivity index (χ4n) is 3.71. The average molecular weight is 410 g/mol. The molecule has 1 amide bonds. The van der Waals surface area contributed by atoms with Gasteiger partial charge in [-0.15, -0.1) is 0 Å². The third-order valence-electron chi connectivity index (χ3n) is 5.40. The lowest BCUT2D eigenvalue weighted by Gasteiger charge is -2.27. The largest absolute Gasteiger partial charge is 0.491 e. The van der Waals surface area contributed by atoms with Crippen molar-refractivity contribution in [2.24, 2.45) is 0 Å². The summed E-state index contributed by atoms with van der Waals surface area (Å²) in [6.07, 6.45) is 4.93. The summed E-state index contributed by atoms with van der Waals surface area (Å²) in [4.78, 5) is 14.3. The molecule has 3 rings (SSSR count). The van der Waals surface area contributed by atoms with Crippen molar-refractivity contribution in [3.8, 4) is 16.9 Å². The van der Waals surface area contributed by atoms with E-state index in [9.17, 15) is 4.79 Å². The van der Waals surface area contributed by atoms with Crippen molar-refractivity contribution in [1.82, 2.24) is 4.90 Å². The fraction of sp³-hybridized carbons (Fsp3) is 0.500. The van der Waals surface area contributed by atoms with Crippen molar-refractivity contribution in [3.05, 3.63) is 53.6 Å². The topological polar surface area (TPSA) is 38.8 Å². The van der Waals surface area contributed by atoms with Gasteiger partial charge in [0, 0.05) is 6.54 Å². The van der Waals surface area contributed by atoms with Gasteiger partial charge < -0.3 is 14.4 Å². The molecule has 162 valence electrons. The maximum Gasteiger partial charge on any atom is 0.410 e. The van der Waals surface area contributed by atoms with Crippen LogP contribution >= 0.6 is 0 Å². The Morgan fingerprint density at radius 1 is 1.00 bits per heavy atom. The van der Waals surface area contributed by atoms with Gasteiger partial charge in [-0.1, -0.05) is 43.7 Å². The number of carbonyl (C=O) groups excluding carboxylic acids is 1. The number of aryl methyl sites for hydroxylation is 2. The lowest BCUT2D eigenvalue weighted by atomic mass is 9.98. The SMILES string of the molecule is CCc1ccc(-c2ccc3c(c2)CCCCCN(C(=O)OC(C)(C)C)CCO3)cc1. The first-order valence-electron chi connectivity index (χ1n) is 11.2. The summed E-state index contributed by atoms with van der Waals surface area (Å²) in [6, 6.07) is 15.3. The molecule has 1 aliphatic heterocycles. The number of carbonyl (C=O) groups is 1. The highest BCUT2D eigenvalue weighted by atomic mass is 16.6. The van der Waals surface area contributed by atoms with Crippen molar-refractivity contribution in [2.75, 3.05) is 19.7 Å². The van der Waals surface area contributed by atoms with Crippen molar-refractivity contribution in [1.29, 1.82) is 0 Å². The molecule has 0 N–H and O–H groups in total. The summed E-state index contributed by atoms with van der Waals surface area (Å²) in [5, 5.41) is 0. The maximum absolute atomic E-state index is 12.5. The van der Waals surface area contributed by atoms with Gasteiger partial charge in [0.05, 0.1) is 6.54 Å². The fourth-order valence-corrected chi connectivity index (χ4v) is 3.71. The molecule has 0 radical (unpaired) electrons. The average Bonchev–Trinajstić information content (AvgIpc) is 2.76. The number of benzene rings is 2. The molecule has 0 bridgehead atoms. The first-order chi connectivity index (χ1) is 14.4. The van der Waals surface area contributed by atoms with Crippen LogP contribution in [0.25, 0.3) is 11.1 Å². The molecule has 30 heavy (non-hydrogen) atoms. The molecule has 0 unspecified atom stereocenters. The molecular formula is C26H35NO3. The van der Waals surface area contributed by atoms with Crippen molar-refractivity contribution in [2.45, 2.75) is 65.4 Å². The van der Waals surface area contributed by atoms with Crippen LogP contribution in [0.5, 0.6) is 5.75 Å². The highest BCUT2D eigenvalue weighted by Gasteiger charge is 2.22. The summed E-state index contributed by atoms with van der Waals surface area (Å²) in [6.45, 7) is 9.59. The van der Waals surface area contributed by atoms with Gasteiger partial charge >= 0.3 is 6.09 Å². The number of nitrogens with zero attached hydrogens (tertiary/aromatic N) is 1. The van der Waals surface area contributed by atoms with Crippen LogP contribution in [-0.2, 0) is 17.6 Å². The van der Waals surface area contributed by atoms with Crippen LogP contribution in [-0.4, -0.2) is 36.3 Å². The summed E-state index contributed by atoms with van der Waals surface area (Å²) < 4.78 is 11.7. The summed E-state index contributed by atoms with van der Waals surface area (Å²) in [7, 11) is 0. The third-order valence-corrected chi connectivity index (χ3v) is 5.40. The number of hydrogen-bond donors (Lipinski definition) is 0. The molecule has 2 aromatic carbocycles. The molecule has 0 aromatic heterocycles. The van der Waals surface area contributed by atoms with E-state index in [2.05, 4.69) is 49.4 Å². The Hall–Kier alpha value is -2.49. The second-order valence-corrected chi connectivity index (χ2v) is 9.00. The van der Waals surface area contributed by atoms with E-state index in [1.807, 2.05) is 20.8 Å². The number of fused-ring (bicyclic) bond motifs is 1. The minimum atomic E-state index is -0.484. The van der Waals surface area contributed by atoms with Gasteiger partial charge in [0.25, 0.3) is 0 Å². The van der Waals surface area contributed by atoms with Crippen LogP contribution in [0.3, 0.4) is 0 Å². The molecule has 0 fully saturated rings. The standard InChI is InChI=1S/C26H35NO3/c1-5-20-10-12-21(13-11-20)22-14-15-24-23(19-22)9-7-6-8-16-27(17-18-29-24)25(28)30-26(2,3)4/h10-15,19H,5-9,16-18H2,1-4H3. The summed E-state index contributed by atoms with van der Waals surface area (Å²) >= 11 is 0. The Bertz CT molecular complexity index is 836. The second kappa shape index (κ2) is 10.0. The van der Waals surface area contributed by atoms with Crippen LogP contribution in [0.15, 0.2) is 42.5 Å². The first kappa shape index (κ1) is 22.2. The van der Waals surface area contributed by atoms with Gasteiger partial charge in [-0.3, -0.25) is 0 Å². The summed E-state index contributed by atoms with van der Waals surface area (Å²) in [5.74, 6) is 0.926. The zero-order valence-electron chi connectivity index (χ0n) is 18.9. The minimum Gasteiger partial charge on any atom is -0.491 e. The van der Waals surface area contributed by atoms with Crippen LogP contribution in [0.4, 0.5) is 4.79 Å². The van der Waals surface area contributed by atoms with Gasteiger partial charge in [-0.25, -0.2) is 4.79 Å². The van der Waals surface area contributed by atoms with Crippen molar-refractivity contribution < 1.29 is 14.3 Å². The van der Waals surface area contributed by atoms with Gasteiger partial charge in [-0.2, -0.15) is 0 Å². The van der Waals surface area contributed by atoms with Gasteiger partial charge in [-0.05, 0) is 80.8 Å². The zero-order valence-corrected chi connectivity index (χ0v) is 18.9. The molecule has 4 heteroatoms. The monoisotopic (exact) mass is 409 g/mol. The van der Waals surface area contributed by atoms with Crippen LogP contribution in [0.2, 0.25) is 0 Å². The molecule has 0 atom stereocenters. The molecule has 1 aliphatic rings. The van der Waals surface area contributed by atoms with Crippen molar-refractivity contribution in [3.63, 3.8) is 0 Å². The molecular weight excluding hydrogens is 374 g/mol. The van der Waals surface area contributed by atoms with Crippen molar-refractivity contribution >= 4 is 6.09 Å². The predicted octanol–water partition coefficient (Wildman–Crippen LogP) is 6.26. The zero-order chi connectivity index (χ0) is 21.6. The molecule has 2 aromatic rings. The van der Waals surface area contributed by atoms with Crippen LogP contribution < -0.4 is 4.74 Å². The van der Waals surface area contributed by atoms with E-state index in [0.717, 1.165) is 37.9 Å². The summed E-state index contributed by atoms with van der Waals surface area (Å²) in [5.41, 5.74) is 4.58. The molecule has 1 heterocycles. The molecule has 4 nitrogen and oxygen atoms in total. The van der Waals surface area contributed by atoms with Crippen LogP contribution in [0, 0.1) is 0 Å². The third kappa shape index (κ3) is 6.25. The quantitative estimate of drug-likeness (QED) is 0.588. The van der Waals surface area contributed by atoms with E-state index in [4.69, 9.17) is 9.47 Å². The Kier molecular flexibility index (Phi) is 7.41. The molecule has 0 aliphatic carbocycles. The molecule has 0 saturated carbocycles. The maximum atomic E-state index is 12.5. The van der Waals surface area contributed by atoms with Gasteiger partial charge in [0.2, 0.25) is 0 Å². The number of amides is 1. The smallest absolute Gasteiger partial charge is 0.410 e. The Morgan fingerprint density at radius 2 is 1.73 bits per heavy atom. The number of hydrogen-bond acceptors (Lipinski definition) is 3. The molecule has 0 saturated heterocycles. The van der Waals surface area contributed by atoms with Gasteiger partial charge in [0.15, 0.2) is 0 Å². The lowest BCUT2D eigenvalue weighted by molar-refractivity contribution is 0.0224. The Labute approximate surface area is 181 Å². The van der Waals surface area contributed by atoms with Crippen LogP contribution in [0.1, 0.15) is 58.1 Å². The highest BCUT2D eigenvalue weighted by Crippen LogP contribution is 2.29. The van der Waals surface area contributed by atoms with E-state index in [1.165, 1.54) is 22.3 Å². The Balaban J connectivity index is 1.73. The van der Waals surface area contributed by atoms with E-state index in [-0.39, 0.29) is 6.09 Å². The van der Waals surface area contributed by atoms with E-state index < -0.39 is 5.60 Å². The molecule has 0 spiro atoms. The van der Waals surface area contributed by atoms with E-state index in [1.54, 1.807) is 4.90 Å². The van der Waals surface area contributed by atoms with Gasteiger partial charge in [0.1, 0.15) is 18.0 Å². The first-order valence-corrected chi connectivity index (χ1v) is 11.2. The highest BCUT2D eigenvalue weighted by molar-refractivity contribution is 5.68. The number of ether oxygens (including phenoxy) is 2. The normalized spacial score (nSPS) is 15.5. The second-order valence-electron chi connectivity index (χ2n) is 9.00.